The molecule has 0 spiro atoms. The van der Waals surface area contributed by atoms with Crippen molar-refractivity contribution in [2.24, 2.45) is 7.05 Å². The van der Waals surface area contributed by atoms with Crippen molar-refractivity contribution in [2.45, 2.75) is 38.8 Å². The van der Waals surface area contributed by atoms with Crippen molar-refractivity contribution in [1.29, 1.82) is 0 Å². The molecule has 4 rings (SSSR count). The van der Waals surface area contributed by atoms with Crippen molar-refractivity contribution in [1.82, 2.24) is 24.2 Å². The molecule has 7 nitrogen and oxygen atoms in total. The number of fused-ring (bicyclic) bond motifs is 1. The maximum absolute atomic E-state index is 13.3. The number of para-hydroxylation sites is 1. The molecule has 1 fully saturated rings. The van der Waals surface area contributed by atoms with E-state index in [-0.39, 0.29) is 17.1 Å². The van der Waals surface area contributed by atoms with Crippen molar-refractivity contribution in [3.05, 3.63) is 57.9 Å². The van der Waals surface area contributed by atoms with E-state index in [4.69, 9.17) is 0 Å². The van der Waals surface area contributed by atoms with Crippen LogP contribution in [-0.2, 0) is 13.6 Å². The summed E-state index contributed by atoms with van der Waals surface area (Å²) in [6.07, 6.45) is -1.47. The minimum absolute atomic E-state index is 0.201. The van der Waals surface area contributed by atoms with Crippen molar-refractivity contribution < 1.29 is 13.6 Å². The van der Waals surface area contributed by atoms with Crippen LogP contribution in [0.5, 0.6) is 0 Å². The first-order valence-corrected chi connectivity index (χ1v) is 9.46. The number of hydrogen-bond donors (Lipinski definition) is 0. The van der Waals surface area contributed by atoms with Crippen molar-refractivity contribution >= 4 is 16.8 Å². The highest BCUT2D eigenvalue weighted by Gasteiger charge is 2.35. The molecule has 0 N–H and O–H groups in total. The largest absolute Gasteiger partial charge is 0.327 e. The number of benzene rings is 1. The molecule has 29 heavy (non-hydrogen) atoms. The topological polar surface area (TPSA) is 73.0 Å². The molecule has 1 amide bonds. The van der Waals surface area contributed by atoms with Crippen LogP contribution in [0.15, 0.2) is 35.1 Å². The highest BCUT2D eigenvalue weighted by Crippen LogP contribution is 2.32. The number of aryl methyl sites for hydroxylation is 2. The molecule has 1 saturated heterocycles. The van der Waals surface area contributed by atoms with Crippen LogP contribution in [0.3, 0.4) is 0 Å². The molecule has 1 aliphatic heterocycles. The van der Waals surface area contributed by atoms with Gasteiger partial charge in [0.05, 0.1) is 23.5 Å². The summed E-state index contributed by atoms with van der Waals surface area (Å²) in [4.78, 5) is 32.1. The van der Waals surface area contributed by atoms with E-state index >= 15 is 0 Å². The Bertz CT molecular complexity index is 1120. The Hall–Kier alpha value is -3.10. The maximum atomic E-state index is 13.3. The van der Waals surface area contributed by atoms with E-state index in [9.17, 15) is 18.4 Å². The standard InChI is InChI=1S/C20H21F2N5O2/c1-12-10-15(24-25(12)2)20(29)26-9-5-8-16(26)18-23-14-7-4-3-6-13(14)19(28)27(18)11-17(21)22/h3-4,6-7,10,16-17H,5,8-9,11H2,1-2H3. The molecule has 2 aromatic heterocycles. The SMILES string of the molecule is Cc1cc(C(=O)N2CCCC2c2nc3ccccc3c(=O)n2CC(F)F)nn1C. The van der Waals surface area contributed by atoms with Crippen LogP contribution in [0, 0.1) is 6.92 Å². The summed E-state index contributed by atoms with van der Waals surface area (Å²) in [6, 6.07) is 7.80. The lowest BCUT2D eigenvalue weighted by Gasteiger charge is -2.26. The first-order chi connectivity index (χ1) is 13.9. The van der Waals surface area contributed by atoms with E-state index in [1.54, 1.807) is 47.0 Å². The first-order valence-electron chi connectivity index (χ1n) is 9.46. The fraction of sp³-hybridized carbons (Fsp3) is 0.400. The molecule has 1 aromatic carbocycles. The molecule has 1 atom stereocenters. The van der Waals surface area contributed by atoms with Gasteiger partial charge in [0.15, 0.2) is 5.69 Å². The van der Waals surface area contributed by atoms with Gasteiger partial charge in [-0.3, -0.25) is 18.8 Å². The molecule has 0 aliphatic carbocycles. The van der Waals surface area contributed by atoms with E-state index in [0.29, 0.717) is 30.6 Å². The Morgan fingerprint density at radius 3 is 2.76 bits per heavy atom. The van der Waals surface area contributed by atoms with Gasteiger partial charge in [-0.25, -0.2) is 13.8 Å². The van der Waals surface area contributed by atoms with Gasteiger partial charge in [0.25, 0.3) is 17.9 Å². The van der Waals surface area contributed by atoms with Crippen LogP contribution >= 0.6 is 0 Å². The molecule has 9 heteroatoms. The van der Waals surface area contributed by atoms with Crippen LogP contribution in [0.25, 0.3) is 10.9 Å². The summed E-state index contributed by atoms with van der Waals surface area (Å²) >= 11 is 0. The monoisotopic (exact) mass is 401 g/mol. The Morgan fingerprint density at radius 1 is 1.31 bits per heavy atom. The molecule has 1 unspecified atom stereocenters. The number of amides is 1. The predicted molar refractivity (Wildman–Crippen MR) is 103 cm³/mol. The first kappa shape index (κ1) is 19.2. The van der Waals surface area contributed by atoms with Crippen LogP contribution < -0.4 is 5.56 Å². The lowest BCUT2D eigenvalue weighted by atomic mass is 10.1. The Morgan fingerprint density at radius 2 is 2.07 bits per heavy atom. The zero-order chi connectivity index (χ0) is 20.7. The number of nitrogens with zero attached hydrogens (tertiary/aromatic N) is 5. The zero-order valence-corrected chi connectivity index (χ0v) is 16.2. The average Bonchev–Trinajstić information content (AvgIpc) is 3.30. The fourth-order valence-electron chi connectivity index (χ4n) is 3.84. The van der Waals surface area contributed by atoms with Crippen molar-refractivity contribution in [3.63, 3.8) is 0 Å². The van der Waals surface area contributed by atoms with E-state index in [1.165, 1.54) is 0 Å². The molecule has 0 bridgehead atoms. The zero-order valence-electron chi connectivity index (χ0n) is 16.2. The Balaban J connectivity index is 1.81. The lowest BCUT2D eigenvalue weighted by Crippen LogP contribution is -2.36. The van der Waals surface area contributed by atoms with E-state index in [0.717, 1.165) is 10.3 Å². The van der Waals surface area contributed by atoms with Gasteiger partial charge in [-0.1, -0.05) is 12.1 Å². The summed E-state index contributed by atoms with van der Waals surface area (Å²) in [7, 11) is 1.75. The number of carbonyl (C=O) groups is 1. The van der Waals surface area contributed by atoms with Crippen molar-refractivity contribution in [2.75, 3.05) is 6.54 Å². The predicted octanol–water partition coefficient (Wildman–Crippen LogP) is 2.68. The Kier molecular flexibility index (Phi) is 4.89. The van der Waals surface area contributed by atoms with Gasteiger partial charge in [0.2, 0.25) is 0 Å². The number of aromatic nitrogens is 4. The Labute approximate surface area is 165 Å². The summed E-state index contributed by atoms with van der Waals surface area (Å²) in [5.41, 5.74) is 1.05. The second-order valence-corrected chi connectivity index (χ2v) is 7.25. The van der Waals surface area contributed by atoms with Crippen LogP contribution in [-0.4, -0.2) is 43.1 Å². The second-order valence-electron chi connectivity index (χ2n) is 7.25. The number of carbonyl (C=O) groups excluding carboxylic acids is 1. The third-order valence-electron chi connectivity index (χ3n) is 5.36. The van der Waals surface area contributed by atoms with Gasteiger partial charge in [0, 0.05) is 19.3 Å². The fourth-order valence-corrected chi connectivity index (χ4v) is 3.84. The quantitative estimate of drug-likeness (QED) is 0.674. The summed E-state index contributed by atoms with van der Waals surface area (Å²) in [5, 5.41) is 4.52. The minimum atomic E-state index is -2.71. The number of alkyl halides is 2. The smallest absolute Gasteiger partial charge is 0.274 e. The van der Waals surface area contributed by atoms with Gasteiger partial charge < -0.3 is 4.90 Å². The summed E-state index contributed by atoms with van der Waals surface area (Å²) < 4.78 is 29.1. The highest BCUT2D eigenvalue weighted by molar-refractivity contribution is 5.93. The lowest BCUT2D eigenvalue weighted by molar-refractivity contribution is 0.0714. The van der Waals surface area contributed by atoms with Gasteiger partial charge in [-0.15, -0.1) is 0 Å². The number of rotatable bonds is 4. The molecular weight excluding hydrogens is 380 g/mol. The van der Waals surface area contributed by atoms with Crippen LogP contribution in [0.2, 0.25) is 0 Å². The summed E-state index contributed by atoms with van der Waals surface area (Å²) in [5.74, 6) is -0.0882. The van der Waals surface area contributed by atoms with Crippen molar-refractivity contribution in [3.8, 4) is 0 Å². The third-order valence-corrected chi connectivity index (χ3v) is 5.36. The average molecular weight is 401 g/mol. The normalized spacial score (nSPS) is 16.9. The van der Waals surface area contributed by atoms with Crippen LogP contribution in [0.4, 0.5) is 8.78 Å². The molecule has 3 aromatic rings. The highest BCUT2D eigenvalue weighted by atomic mass is 19.3. The van der Waals surface area contributed by atoms with E-state index in [1.807, 2.05) is 6.92 Å². The van der Waals surface area contributed by atoms with Crippen LogP contribution in [0.1, 0.15) is 40.9 Å². The second kappa shape index (κ2) is 7.38. The number of halogens is 2. The van der Waals surface area contributed by atoms with Gasteiger partial charge in [-0.2, -0.15) is 5.10 Å². The molecule has 1 aliphatic rings. The van der Waals surface area contributed by atoms with Gasteiger partial charge >= 0.3 is 0 Å². The minimum Gasteiger partial charge on any atom is -0.327 e. The number of likely N-dealkylation sites (tertiary alicyclic amines) is 1. The van der Waals surface area contributed by atoms with Gasteiger partial charge in [0.1, 0.15) is 5.82 Å². The van der Waals surface area contributed by atoms with E-state index < -0.39 is 24.6 Å². The molecule has 152 valence electrons. The maximum Gasteiger partial charge on any atom is 0.274 e. The molecule has 0 saturated carbocycles. The number of hydrogen-bond acceptors (Lipinski definition) is 4. The third kappa shape index (κ3) is 3.41. The molecular formula is C20H21F2N5O2. The summed E-state index contributed by atoms with van der Waals surface area (Å²) in [6.45, 7) is 1.54. The molecule has 3 heterocycles. The van der Waals surface area contributed by atoms with E-state index in [2.05, 4.69) is 10.1 Å². The van der Waals surface area contributed by atoms with Gasteiger partial charge in [-0.05, 0) is 38.0 Å². The molecule has 0 radical (unpaired) electrons.